The molecule has 20 heavy (non-hydrogen) atoms. The zero-order chi connectivity index (χ0) is 14.4. The quantitative estimate of drug-likeness (QED) is 0.786. The summed E-state index contributed by atoms with van der Waals surface area (Å²) >= 11 is 0. The third-order valence-electron chi connectivity index (χ3n) is 4.28. The van der Waals surface area contributed by atoms with Gasteiger partial charge in [-0.05, 0) is 39.2 Å². The van der Waals surface area contributed by atoms with Gasteiger partial charge in [0, 0.05) is 26.2 Å². The number of hydrogen-bond acceptors (Lipinski definition) is 4. The molecule has 2 saturated heterocycles. The van der Waals surface area contributed by atoms with Crippen LogP contribution in [-0.4, -0.2) is 72.4 Å². The molecule has 0 unspecified atom stereocenters. The highest BCUT2D eigenvalue weighted by atomic mass is 16.5. The Balaban J connectivity index is 1.88. The molecule has 5 heteroatoms. The summed E-state index contributed by atoms with van der Waals surface area (Å²) in [5.41, 5.74) is 0. The van der Waals surface area contributed by atoms with Crippen LogP contribution >= 0.6 is 0 Å². The number of carbonyl (C=O) groups is 1. The molecule has 2 aliphatic heterocycles. The fourth-order valence-corrected chi connectivity index (χ4v) is 3.21. The lowest BCUT2D eigenvalue weighted by molar-refractivity contribution is -0.138. The van der Waals surface area contributed by atoms with Crippen LogP contribution in [0.25, 0.3) is 0 Å². The molecule has 0 bridgehead atoms. The van der Waals surface area contributed by atoms with Gasteiger partial charge in [0.1, 0.15) is 0 Å². The second-order valence-corrected chi connectivity index (χ2v) is 5.85. The van der Waals surface area contributed by atoms with E-state index in [2.05, 4.69) is 4.90 Å². The topological polar surface area (TPSA) is 53.0 Å². The van der Waals surface area contributed by atoms with Gasteiger partial charge in [-0.25, -0.2) is 0 Å². The molecule has 0 radical (unpaired) electrons. The third-order valence-corrected chi connectivity index (χ3v) is 4.28. The van der Waals surface area contributed by atoms with Crippen LogP contribution < -0.4 is 0 Å². The lowest BCUT2D eigenvalue weighted by Crippen LogP contribution is -2.52. The van der Waals surface area contributed by atoms with Crippen molar-refractivity contribution < 1.29 is 14.6 Å². The summed E-state index contributed by atoms with van der Waals surface area (Å²) in [5, 5.41) is 10.0. The summed E-state index contributed by atoms with van der Waals surface area (Å²) in [6, 6.07) is -0.0295. The molecule has 116 valence electrons. The minimum Gasteiger partial charge on any atom is -0.389 e. The summed E-state index contributed by atoms with van der Waals surface area (Å²) < 4.78 is 5.26. The summed E-state index contributed by atoms with van der Waals surface area (Å²) in [5.74, 6) is 0.269. The number of ether oxygens (including phenoxy) is 1. The minimum absolute atomic E-state index is 0.0295. The van der Waals surface area contributed by atoms with E-state index in [4.69, 9.17) is 4.74 Å². The highest BCUT2D eigenvalue weighted by Crippen LogP contribution is 2.21. The van der Waals surface area contributed by atoms with E-state index in [-0.39, 0.29) is 11.9 Å². The number of carbonyl (C=O) groups excluding carboxylic acids is 1. The van der Waals surface area contributed by atoms with Crippen LogP contribution in [0.15, 0.2) is 0 Å². The Kier molecular flexibility index (Phi) is 6.26. The molecule has 0 aromatic heterocycles. The fourth-order valence-electron chi connectivity index (χ4n) is 3.21. The van der Waals surface area contributed by atoms with Crippen LogP contribution in [0, 0.1) is 0 Å². The number of piperidine rings is 1. The van der Waals surface area contributed by atoms with Gasteiger partial charge in [-0.2, -0.15) is 0 Å². The van der Waals surface area contributed by atoms with Gasteiger partial charge >= 0.3 is 0 Å². The molecule has 0 aliphatic carbocycles. The first-order valence-electron chi connectivity index (χ1n) is 8.01. The van der Waals surface area contributed by atoms with Crippen molar-refractivity contribution in [3.8, 4) is 0 Å². The van der Waals surface area contributed by atoms with E-state index >= 15 is 0 Å². The van der Waals surface area contributed by atoms with Crippen molar-refractivity contribution in [2.24, 2.45) is 0 Å². The van der Waals surface area contributed by atoms with Crippen molar-refractivity contribution in [1.82, 2.24) is 9.80 Å². The van der Waals surface area contributed by atoms with Gasteiger partial charge in [0.2, 0.25) is 5.91 Å². The molecule has 0 aromatic carbocycles. The van der Waals surface area contributed by atoms with Crippen molar-refractivity contribution in [2.75, 3.05) is 39.4 Å². The second-order valence-electron chi connectivity index (χ2n) is 5.85. The van der Waals surface area contributed by atoms with Gasteiger partial charge in [-0.15, -0.1) is 0 Å². The Bertz CT molecular complexity index is 305. The van der Waals surface area contributed by atoms with Gasteiger partial charge < -0.3 is 14.7 Å². The van der Waals surface area contributed by atoms with E-state index in [1.54, 1.807) is 0 Å². The van der Waals surface area contributed by atoms with Gasteiger partial charge in [-0.3, -0.25) is 9.69 Å². The van der Waals surface area contributed by atoms with E-state index in [0.29, 0.717) is 19.8 Å². The van der Waals surface area contributed by atoms with E-state index < -0.39 is 6.10 Å². The Morgan fingerprint density at radius 2 is 1.95 bits per heavy atom. The minimum atomic E-state index is -0.498. The summed E-state index contributed by atoms with van der Waals surface area (Å²) in [4.78, 5) is 16.7. The van der Waals surface area contributed by atoms with Crippen LogP contribution in [0.1, 0.15) is 39.0 Å². The Morgan fingerprint density at radius 3 is 2.65 bits per heavy atom. The van der Waals surface area contributed by atoms with Gasteiger partial charge in [-0.1, -0.05) is 6.42 Å². The van der Waals surface area contributed by atoms with Crippen LogP contribution in [-0.2, 0) is 9.53 Å². The first kappa shape index (κ1) is 15.7. The standard InChI is InChI=1S/C15H28N2O3/c1-2-20-12-13(18)11-17-10-4-3-7-14(17)15(19)16-8-5-6-9-16/h13-14,18H,2-12H2,1H3/t13-,14+/m0/s1. The molecular formula is C15H28N2O3. The number of rotatable bonds is 6. The van der Waals surface area contributed by atoms with Crippen molar-refractivity contribution in [2.45, 2.75) is 51.2 Å². The predicted molar refractivity (Wildman–Crippen MR) is 77.5 cm³/mol. The Morgan fingerprint density at radius 1 is 1.25 bits per heavy atom. The molecule has 0 spiro atoms. The lowest BCUT2D eigenvalue weighted by Gasteiger charge is -2.37. The first-order valence-corrected chi connectivity index (χ1v) is 8.01. The number of aliphatic hydroxyl groups excluding tert-OH is 1. The maximum Gasteiger partial charge on any atom is 0.239 e. The van der Waals surface area contributed by atoms with E-state index in [1.165, 1.54) is 0 Å². The van der Waals surface area contributed by atoms with E-state index in [1.807, 2.05) is 11.8 Å². The zero-order valence-corrected chi connectivity index (χ0v) is 12.6. The third kappa shape index (κ3) is 4.17. The van der Waals surface area contributed by atoms with Gasteiger partial charge in [0.05, 0.1) is 18.8 Å². The molecule has 1 N–H and O–H groups in total. The average Bonchev–Trinajstić information content (AvgIpc) is 2.99. The SMILES string of the molecule is CCOC[C@@H](O)CN1CCCC[C@@H]1C(=O)N1CCCC1. The van der Waals surface area contributed by atoms with E-state index in [9.17, 15) is 9.90 Å². The highest BCUT2D eigenvalue weighted by molar-refractivity contribution is 5.82. The maximum absolute atomic E-state index is 12.6. The molecule has 2 fully saturated rings. The summed E-state index contributed by atoms with van der Waals surface area (Å²) in [7, 11) is 0. The van der Waals surface area contributed by atoms with Crippen molar-refractivity contribution in [3.05, 3.63) is 0 Å². The summed E-state index contributed by atoms with van der Waals surface area (Å²) in [6.07, 6.45) is 4.92. The number of likely N-dealkylation sites (tertiary alicyclic amines) is 2. The molecule has 0 aromatic rings. The number of aliphatic hydroxyl groups is 1. The maximum atomic E-state index is 12.6. The van der Waals surface area contributed by atoms with Crippen molar-refractivity contribution in [3.63, 3.8) is 0 Å². The first-order chi connectivity index (χ1) is 9.72. The van der Waals surface area contributed by atoms with Crippen LogP contribution in [0.3, 0.4) is 0 Å². The van der Waals surface area contributed by atoms with Crippen LogP contribution in [0.2, 0.25) is 0 Å². The molecule has 2 rings (SSSR count). The second kappa shape index (κ2) is 7.96. The normalized spacial score (nSPS) is 25.9. The lowest BCUT2D eigenvalue weighted by atomic mass is 10.0. The van der Waals surface area contributed by atoms with Gasteiger partial charge in [0.25, 0.3) is 0 Å². The Hall–Kier alpha value is -0.650. The smallest absolute Gasteiger partial charge is 0.239 e. The van der Waals surface area contributed by atoms with Gasteiger partial charge in [0.15, 0.2) is 0 Å². The molecule has 0 saturated carbocycles. The van der Waals surface area contributed by atoms with Crippen LogP contribution in [0.4, 0.5) is 0 Å². The predicted octanol–water partition coefficient (Wildman–Crippen LogP) is 0.861. The average molecular weight is 284 g/mol. The van der Waals surface area contributed by atoms with Crippen molar-refractivity contribution in [1.29, 1.82) is 0 Å². The van der Waals surface area contributed by atoms with E-state index in [0.717, 1.165) is 51.7 Å². The zero-order valence-electron chi connectivity index (χ0n) is 12.6. The molecule has 2 aliphatic rings. The number of β-amino-alcohol motifs (C(OH)–C–C–N with tert-alkyl or cyclic N) is 1. The molecule has 2 atom stereocenters. The fraction of sp³-hybridized carbons (Fsp3) is 0.933. The van der Waals surface area contributed by atoms with Crippen LogP contribution in [0.5, 0.6) is 0 Å². The van der Waals surface area contributed by atoms with Crippen molar-refractivity contribution >= 4 is 5.91 Å². The largest absolute Gasteiger partial charge is 0.389 e. The summed E-state index contributed by atoms with van der Waals surface area (Å²) in [6.45, 7) is 6.17. The monoisotopic (exact) mass is 284 g/mol. The number of nitrogens with zero attached hydrogens (tertiary/aromatic N) is 2. The number of hydrogen-bond donors (Lipinski definition) is 1. The molecule has 1 amide bonds. The molecular weight excluding hydrogens is 256 g/mol. The molecule has 5 nitrogen and oxygen atoms in total. The Labute approximate surface area is 121 Å². The highest BCUT2D eigenvalue weighted by Gasteiger charge is 2.33. The molecule has 2 heterocycles. The number of amides is 1.